The number of aliphatic hydroxyl groups is 1. The third-order valence-electron chi connectivity index (χ3n) is 10.0. The Morgan fingerprint density at radius 3 is 2.36 bits per heavy atom. The first-order valence-electron chi connectivity index (χ1n) is 15.9. The minimum absolute atomic E-state index is 0.113. The van der Waals surface area contributed by atoms with Gasteiger partial charge in [0, 0.05) is 36.4 Å². The number of hydrogen-bond acceptors (Lipinski definition) is 6. The summed E-state index contributed by atoms with van der Waals surface area (Å²) in [5, 5.41) is 21.7. The lowest BCUT2D eigenvalue weighted by Gasteiger charge is -2.57. The molecule has 7 rings (SSSR count). The number of anilines is 2. The van der Waals surface area contributed by atoms with Crippen LogP contribution in [0, 0.1) is 17.8 Å². The van der Waals surface area contributed by atoms with E-state index in [1.165, 1.54) is 42.8 Å². The molecule has 228 valence electrons. The quantitative estimate of drug-likeness (QED) is 0.309. The van der Waals surface area contributed by atoms with Gasteiger partial charge in [-0.25, -0.2) is 8.42 Å². The van der Waals surface area contributed by atoms with E-state index >= 15 is 0 Å². The summed E-state index contributed by atoms with van der Waals surface area (Å²) in [7, 11) is -3.43. The summed E-state index contributed by atoms with van der Waals surface area (Å²) in [6.07, 6.45) is 8.83. The number of aliphatic hydroxyl groups excluding tert-OH is 1. The van der Waals surface area contributed by atoms with Crippen LogP contribution in [-0.4, -0.2) is 62.5 Å². The lowest BCUT2D eigenvalue weighted by atomic mass is 9.53. The maximum atomic E-state index is 13.8. The van der Waals surface area contributed by atoms with E-state index < -0.39 is 22.2 Å². The Balaban J connectivity index is 1.21. The standard InChI is InChI=1S/C33H46N4O4S/c1-2-34-28-16-27(17-29(18-28)37-10-6-7-11-42(37,40)41)32(39)36-30(15-23-8-4-3-5-9-23)31(38)22-35-33-19-24-12-25(20-33)14-26(13-24)21-33/h3-5,8-9,16-18,24-26,30-31,34-35,38H,2,6-7,10-15,19-22H2,1H3,(H,36,39)/t24?,25?,26?,30-,31+,33?/m0/s1. The number of benzene rings is 2. The fourth-order valence-corrected chi connectivity index (χ4v) is 10.1. The predicted octanol–water partition coefficient (Wildman–Crippen LogP) is 4.31. The molecule has 4 N–H and O–H groups in total. The van der Waals surface area contributed by atoms with Crippen LogP contribution >= 0.6 is 0 Å². The van der Waals surface area contributed by atoms with Gasteiger partial charge in [-0.05, 0) is 106 Å². The molecule has 2 atom stereocenters. The zero-order valence-electron chi connectivity index (χ0n) is 24.7. The molecule has 4 saturated carbocycles. The number of nitrogens with one attached hydrogen (secondary N) is 3. The van der Waals surface area contributed by atoms with Crippen molar-refractivity contribution in [3.63, 3.8) is 0 Å². The Morgan fingerprint density at radius 1 is 1.02 bits per heavy atom. The Labute approximate surface area is 250 Å². The van der Waals surface area contributed by atoms with Gasteiger partial charge >= 0.3 is 0 Å². The zero-order chi connectivity index (χ0) is 29.3. The van der Waals surface area contributed by atoms with Crippen molar-refractivity contribution in [2.75, 3.05) is 35.0 Å². The third kappa shape index (κ3) is 6.48. The molecule has 0 spiro atoms. The summed E-state index contributed by atoms with van der Waals surface area (Å²) in [6.45, 7) is 3.44. The summed E-state index contributed by atoms with van der Waals surface area (Å²) in [5.74, 6) is 2.22. The van der Waals surface area contributed by atoms with E-state index in [1.807, 2.05) is 37.3 Å². The van der Waals surface area contributed by atoms with Crippen LogP contribution in [-0.2, 0) is 16.4 Å². The maximum absolute atomic E-state index is 13.8. The topological polar surface area (TPSA) is 111 Å². The van der Waals surface area contributed by atoms with Crippen LogP contribution in [0.1, 0.15) is 74.2 Å². The molecule has 5 aliphatic rings. The summed E-state index contributed by atoms with van der Waals surface area (Å²) in [5.41, 5.74) is 2.74. The second kappa shape index (κ2) is 12.2. The number of carbonyl (C=O) groups excluding carboxylic acids is 1. The van der Waals surface area contributed by atoms with Crippen molar-refractivity contribution in [3.8, 4) is 0 Å². The molecule has 0 radical (unpaired) electrons. The third-order valence-corrected chi connectivity index (χ3v) is 11.9. The Kier molecular flexibility index (Phi) is 8.53. The number of β-amino-alcohol motifs (C(OH)–C–C–N with tert-alkyl or cyclic N) is 1. The number of nitrogens with zero attached hydrogens (tertiary/aromatic N) is 1. The minimum atomic E-state index is -3.43. The Morgan fingerprint density at radius 2 is 1.71 bits per heavy atom. The molecule has 5 fully saturated rings. The van der Waals surface area contributed by atoms with Gasteiger partial charge in [-0.1, -0.05) is 30.3 Å². The van der Waals surface area contributed by atoms with Crippen LogP contribution in [0.4, 0.5) is 11.4 Å². The molecule has 9 heteroatoms. The van der Waals surface area contributed by atoms with Crippen LogP contribution in [0.25, 0.3) is 0 Å². The van der Waals surface area contributed by atoms with Crippen molar-refractivity contribution in [3.05, 3.63) is 59.7 Å². The SMILES string of the molecule is CCNc1cc(C(=O)N[C@@H](Cc2ccccc2)[C@H](O)CNC23CC4CC(CC(C4)C2)C3)cc(N2CCCCS2(=O)=O)c1. The highest BCUT2D eigenvalue weighted by molar-refractivity contribution is 7.92. The number of rotatable bonds is 11. The van der Waals surface area contributed by atoms with E-state index in [-0.39, 0.29) is 17.2 Å². The molecule has 4 aliphatic carbocycles. The van der Waals surface area contributed by atoms with Crippen molar-refractivity contribution in [1.29, 1.82) is 0 Å². The molecule has 2 aromatic rings. The average Bonchev–Trinajstić information content (AvgIpc) is 2.95. The molecular formula is C33H46N4O4S. The van der Waals surface area contributed by atoms with Crippen LogP contribution < -0.4 is 20.3 Å². The van der Waals surface area contributed by atoms with Gasteiger partial charge in [-0.3, -0.25) is 9.10 Å². The van der Waals surface area contributed by atoms with Crippen LogP contribution in [0.15, 0.2) is 48.5 Å². The van der Waals surface area contributed by atoms with Crippen LogP contribution in [0.2, 0.25) is 0 Å². The molecular weight excluding hydrogens is 548 g/mol. The monoisotopic (exact) mass is 594 g/mol. The lowest BCUT2D eigenvalue weighted by molar-refractivity contribution is -0.0262. The lowest BCUT2D eigenvalue weighted by Crippen LogP contribution is -2.61. The first kappa shape index (κ1) is 29.5. The van der Waals surface area contributed by atoms with Crippen molar-refractivity contribution in [2.45, 2.75) is 82.4 Å². The summed E-state index contributed by atoms with van der Waals surface area (Å²) in [6, 6.07) is 14.7. The number of sulfonamides is 1. The first-order valence-corrected chi connectivity index (χ1v) is 17.5. The molecule has 4 bridgehead atoms. The molecule has 8 nitrogen and oxygen atoms in total. The van der Waals surface area contributed by atoms with E-state index in [1.54, 1.807) is 18.2 Å². The second-order valence-electron chi connectivity index (χ2n) is 13.3. The van der Waals surface area contributed by atoms with Gasteiger partial charge in [-0.15, -0.1) is 0 Å². The van der Waals surface area contributed by atoms with Gasteiger partial charge in [0.2, 0.25) is 10.0 Å². The van der Waals surface area contributed by atoms with Gasteiger partial charge in [-0.2, -0.15) is 0 Å². The van der Waals surface area contributed by atoms with Crippen molar-refractivity contribution < 1.29 is 18.3 Å². The van der Waals surface area contributed by atoms with Crippen LogP contribution in [0.3, 0.4) is 0 Å². The average molecular weight is 595 g/mol. The number of hydrogen-bond donors (Lipinski definition) is 4. The molecule has 0 unspecified atom stereocenters. The highest BCUT2D eigenvalue weighted by Gasteiger charge is 2.50. The van der Waals surface area contributed by atoms with Gasteiger partial charge in [0.1, 0.15) is 0 Å². The maximum Gasteiger partial charge on any atom is 0.251 e. The van der Waals surface area contributed by atoms with E-state index in [0.29, 0.717) is 49.4 Å². The highest BCUT2D eigenvalue weighted by atomic mass is 32.2. The first-order chi connectivity index (χ1) is 20.2. The van der Waals surface area contributed by atoms with E-state index in [4.69, 9.17) is 0 Å². The fourth-order valence-electron chi connectivity index (χ4n) is 8.46. The number of carbonyl (C=O) groups is 1. The van der Waals surface area contributed by atoms with E-state index in [2.05, 4.69) is 16.0 Å². The normalized spacial score (nSPS) is 29.2. The van der Waals surface area contributed by atoms with Crippen molar-refractivity contribution >= 4 is 27.3 Å². The van der Waals surface area contributed by atoms with Crippen LogP contribution in [0.5, 0.6) is 0 Å². The Hall–Kier alpha value is -2.62. The number of amides is 1. The molecule has 1 heterocycles. The zero-order valence-corrected chi connectivity index (χ0v) is 25.5. The molecule has 1 saturated heterocycles. The van der Waals surface area contributed by atoms with Gasteiger partial charge in [0.25, 0.3) is 5.91 Å². The molecule has 1 aliphatic heterocycles. The molecule has 2 aromatic carbocycles. The summed E-state index contributed by atoms with van der Waals surface area (Å²) < 4.78 is 27.2. The van der Waals surface area contributed by atoms with E-state index in [0.717, 1.165) is 29.7 Å². The summed E-state index contributed by atoms with van der Waals surface area (Å²) in [4.78, 5) is 13.8. The Bertz CT molecular complexity index is 1330. The van der Waals surface area contributed by atoms with Crippen molar-refractivity contribution in [2.24, 2.45) is 17.8 Å². The smallest absolute Gasteiger partial charge is 0.251 e. The summed E-state index contributed by atoms with van der Waals surface area (Å²) >= 11 is 0. The molecule has 0 aromatic heterocycles. The minimum Gasteiger partial charge on any atom is -0.390 e. The van der Waals surface area contributed by atoms with Gasteiger partial charge in [0.15, 0.2) is 0 Å². The van der Waals surface area contributed by atoms with Gasteiger partial charge < -0.3 is 21.1 Å². The molecule has 1 amide bonds. The highest BCUT2D eigenvalue weighted by Crippen LogP contribution is 2.55. The van der Waals surface area contributed by atoms with Crippen molar-refractivity contribution in [1.82, 2.24) is 10.6 Å². The second-order valence-corrected chi connectivity index (χ2v) is 15.3. The molecule has 42 heavy (non-hydrogen) atoms. The van der Waals surface area contributed by atoms with E-state index in [9.17, 15) is 18.3 Å². The fraction of sp³-hybridized carbons (Fsp3) is 0.606. The largest absolute Gasteiger partial charge is 0.390 e. The van der Waals surface area contributed by atoms with Gasteiger partial charge in [0.05, 0.1) is 23.6 Å². The predicted molar refractivity (Wildman–Crippen MR) is 167 cm³/mol.